The van der Waals surface area contributed by atoms with Crippen LogP contribution in [0.3, 0.4) is 0 Å². The van der Waals surface area contributed by atoms with Crippen LogP contribution in [0, 0.1) is 0 Å². The zero-order chi connectivity index (χ0) is 14.2. The number of Topliss-reactive ketones (excluding diaryl/α,β-unsaturated/α-hetero) is 1. The number of thiazole rings is 1. The lowest BCUT2D eigenvalue weighted by molar-refractivity contribution is 0.0981. The summed E-state index contributed by atoms with van der Waals surface area (Å²) in [6.07, 6.45) is 4.08. The summed E-state index contributed by atoms with van der Waals surface area (Å²) in [4.78, 5) is 17.8. The number of hydrogen-bond donors (Lipinski definition) is 0. The molecule has 1 aliphatic heterocycles. The Kier molecular flexibility index (Phi) is 2.89. The number of aromatic nitrogens is 2. The number of para-hydroxylation sites is 1. The molecule has 3 aromatic rings. The van der Waals surface area contributed by atoms with Crippen LogP contribution >= 0.6 is 11.3 Å². The van der Waals surface area contributed by atoms with Crippen molar-refractivity contribution >= 4 is 22.1 Å². The summed E-state index contributed by atoms with van der Waals surface area (Å²) in [7, 11) is 0. The van der Waals surface area contributed by atoms with Crippen LogP contribution in [0.2, 0.25) is 0 Å². The van der Waals surface area contributed by atoms with E-state index in [-0.39, 0.29) is 12.2 Å². The van der Waals surface area contributed by atoms with Gasteiger partial charge in [0.1, 0.15) is 13.2 Å². The number of benzene rings is 1. The van der Waals surface area contributed by atoms with Crippen LogP contribution in [0.5, 0.6) is 11.5 Å². The van der Waals surface area contributed by atoms with Crippen molar-refractivity contribution in [3.63, 3.8) is 0 Å². The first-order valence-corrected chi connectivity index (χ1v) is 7.52. The minimum atomic E-state index is -0.0110. The van der Waals surface area contributed by atoms with Crippen LogP contribution in [0.4, 0.5) is 0 Å². The Morgan fingerprint density at radius 3 is 3.14 bits per heavy atom. The SMILES string of the molecule is O=C(Cc1cn2ccsc2n1)c1cccc2c1OCCO2. The third-order valence-corrected chi connectivity index (χ3v) is 4.12. The van der Waals surface area contributed by atoms with E-state index < -0.39 is 0 Å². The molecule has 1 aliphatic rings. The van der Waals surface area contributed by atoms with Gasteiger partial charge < -0.3 is 9.47 Å². The van der Waals surface area contributed by atoms with Crippen molar-refractivity contribution in [2.45, 2.75) is 6.42 Å². The summed E-state index contributed by atoms with van der Waals surface area (Å²) in [5.74, 6) is 1.18. The van der Waals surface area contributed by atoms with Gasteiger partial charge in [0.15, 0.2) is 22.2 Å². The minimum Gasteiger partial charge on any atom is -0.486 e. The molecule has 0 atom stereocenters. The number of carbonyl (C=O) groups is 1. The number of nitrogens with zero attached hydrogens (tertiary/aromatic N) is 2. The summed E-state index contributed by atoms with van der Waals surface area (Å²) in [6.45, 7) is 0.986. The van der Waals surface area contributed by atoms with E-state index in [1.54, 1.807) is 17.4 Å². The molecule has 0 amide bonds. The second-order valence-electron chi connectivity index (χ2n) is 4.75. The second-order valence-corrected chi connectivity index (χ2v) is 5.63. The van der Waals surface area contributed by atoms with Crippen molar-refractivity contribution in [3.8, 4) is 11.5 Å². The van der Waals surface area contributed by atoms with Gasteiger partial charge in [-0.25, -0.2) is 4.98 Å². The van der Waals surface area contributed by atoms with Gasteiger partial charge in [0.25, 0.3) is 0 Å². The minimum absolute atomic E-state index is 0.0110. The van der Waals surface area contributed by atoms with E-state index in [0.29, 0.717) is 30.3 Å². The standard InChI is InChI=1S/C15H12N2O3S/c18-12(8-10-9-17-4-7-21-15(17)16-10)11-2-1-3-13-14(11)20-6-5-19-13/h1-4,7,9H,5-6,8H2. The van der Waals surface area contributed by atoms with Gasteiger partial charge in [-0.3, -0.25) is 9.20 Å². The molecule has 0 unspecified atom stereocenters. The molecule has 0 spiro atoms. The normalized spacial score (nSPS) is 13.5. The zero-order valence-electron chi connectivity index (χ0n) is 11.1. The topological polar surface area (TPSA) is 52.8 Å². The maximum Gasteiger partial charge on any atom is 0.193 e. The Morgan fingerprint density at radius 1 is 1.33 bits per heavy atom. The fraction of sp³-hybridized carbons (Fsp3) is 0.200. The van der Waals surface area contributed by atoms with Gasteiger partial charge in [-0.1, -0.05) is 6.07 Å². The average molecular weight is 300 g/mol. The van der Waals surface area contributed by atoms with Gasteiger partial charge in [0.2, 0.25) is 0 Å². The van der Waals surface area contributed by atoms with Crippen molar-refractivity contribution in [1.29, 1.82) is 0 Å². The van der Waals surface area contributed by atoms with Crippen molar-refractivity contribution in [1.82, 2.24) is 9.38 Å². The van der Waals surface area contributed by atoms with E-state index in [2.05, 4.69) is 4.98 Å². The predicted octanol–water partition coefficient (Wildman–Crippen LogP) is 2.59. The summed E-state index contributed by atoms with van der Waals surface area (Å²) in [5.41, 5.74) is 1.32. The van der Waals surface area contributed by atoms with Crippen molar-refractivity contribution in [2.75, 3.05) is 13.2 Å². The molecule has 0 fully saturated rings. The highest BCUT2D eigenvalue weighted by atomic mass is 32.1. The molecule has 0 saturated heterocycles. The second kappa shape index (κ2) is 4.89. The summed E-state index contributed by atoms with van der Waals surface area (Å²) in [6, 6.07) is 5.40. The Morgan fingerprint density at radius 2 is 2.24 bits per heavy atom. The highest BCUT2D eigenvalue weighted by molar-refractivity contribution is 7.15. The number of ketones is 1. The molecule has 4 rings (SSSR count). The Balaban J connectivity index is 1.64. The summed E-state index contributed by atoms with van der Waals surface area (Å²) < 4.78 is 13.0. The number of ether oxygens (including phenoxy) is 2. The summed E-state index contributed by atoms with van der Waals surface area (Å²) >= 11 is 1.55. The molecule has 21 heavy (non-hydrogen) atoms. The third kappa shape index (κ3) is 2.17. The van der Waals surface area contributed by atoms with E-state index in [1.807, 2.05) is 34.3 Å². The maximum absolute atomic E-state index is 12.5. The van der Waals surface area contributed by atoms with Crippen molar-refractivity contribution < 1.29 is 14.3 Å². The highest BCUT2D eigenvalue weighted by Gasteiger charge is 2.21. The Labute approximate surface area is 124 Å². The van der Waals surface area contributed by atoms with Crippen molar-refractivity contribution in [2.24, 2.45) is 0 Å². The van der Waals surface area contributed by atoms with Crippen LogP contribution in [-0.4, -0.2) is 28.4 Å². The predicted molar refractivity (Wildman–Crippen MR) is 78.5 cm³/mol. The largest absolute Gasteiger partial charge is 0.486 e. The molecule has 0 aliphatic carbocycles. The molecule has 0 bridgehead atoms. The monoisotopic (exact) mass is 300 g/mol. The lowest BCUT2D eigenvalue weighted by atomic mass is 10.0. The molecular formula is C15H12N2O3S. The van der Waals surface area contributed by atoms with Crippen LogP contribution in [0.25, 0.3) is 4.96 Å². The first kappa shape index (κ1) is 12.4. The van der Waals surface area contributed by atoms with E-state index in [4.69, 9.17) is 9.47 Å². The number of imidazole rings is 1. The molecule has 0 N–H and O–H groups in total. The molecule has 5 nitrogen and oxygen atoms in total. The lowest BCUT2D eigenvalue weighted by Gasteiger charge is -2.20. The molecule has 2 aromatic heterocycles. The Bertz CT molecular complexity index is 793. The smallest absolute Gasteiger partial charge is 0.193 e. The average Bonchev–Trinajstić information content (AvgIpc) is 3.07. The molecular weight excluding hydrogens is 288 g/mol. The third-order valence-electron chi connectivity index (χ3n) is 3.35. The van der Waals surface area contributed by atoms with Crippen LogP contribution in [0.15, 0.2) is 36.0 Å². The number of carbonyl (C=O) groups excluding carboxylic acids is 1. The zero-order valence-corrected chi connectivity index (χ0v) is 11.9. The van der Waals surface area contributed by atoms with E-state index in [0.717, 1.165) is 10.7 Å². The van der Waals surface area contributed by atoms with Gasteiger partial charge in [0.05, 0.1) is 17.7 Å². The first-order valence-electron chi connectivity index (χ1n) is 6.64. The maximum atomic E-state index is 12.5. The number of fused-ring (bicyclic) bond motifs is 2. The molecule has 0 saturated carbocycles. The van der Waals surface area contributed by atoms with E-state index in [1.165, 1.54) is 0 Å². The molecule has 106 valence electrons. The first-order chi connectivity index (χ1) is 10.3. The Hall–Kier alpha value is -2.34. The van der Waals surface area contributed by atoms with Crippen LogP contribution < -0.4 is 9.47 Å². The molecule has 3 heterocycles. The van der Waals surface area contributed by atoms with Gasteiger partial charge in [0, 0.05) is 17.8 Å². The lowest BCUT2D eigenvalue weighted by Crippen LogP contribution is -2.18. The van der Waals surface area contributed by atoms with Gasteiger partial charge in [-0.05, 0) is 12.1 Å². The number of hydrogen-bond acceptors (Lipinski definition) is 5. The van der Waals surface area contributed by atoms with E-state index >= 15 is 0 Å². The fourth-order valence-corrected chi connectivity index (χ4v) is 3.13. The van der Waals surface area contributed by atoms with Gasteiger partial charge in [-0.2, -0.15) is 0 Å². The fourth-order valence-electron chi connectivity index (χ4n) is 2.41. The van der Waals surface area contributed by atoms with Crippen LogP contribution in [-0.2, 0) is 6.42 Å². The summed E-state index contributed by atoms with van der Waals surface area (Å²) in [5, 5.41) is 1.96. The molecule has 0 radical (unpaired) electrons. The van der Waals surface area contributed by atoms with Gasteiger partial charge in [-0.15, -0.1) is 11.3 Å². The number of rotatable bonds is 3. The quantitative estimate of drug-likeness (QED) is 0.698. The highest BCUT2D eigenvalue weighted by Crippen LogP contribution is 2.34. The molecule has 6 heteroatoms. The van der Waals surface area contributed by atoms with Crippen LogP contribution in [0.1, 0.15) is 16.1 Å². The van der Waals surface area contributed by atoms with E-state index in [9.17, 15) is 4.79 Å². The molecule has 1 aromatic carbocycles. The van der Waals surface area contributed by atoms with Crippen molar-refractivity contribution in [3.05, 3.63) is 47.2 Å². The van der Waals surface area contributed by atoms with Gasteiger partial charge >= 0.3 is 0 Å².